The minimum Gasteiger partial charge on any atom is -0.299 e. The van der Waals surface area contributed by atoms with E-state index >= 15 is 0 Å². The average Bonchev–Trinajstić information content (AvgIpc) is 2.16. The Bertz CT molecular complexity index is 381. The van der Waals surface area contributed by atoms with E-state index in [0.717, 1.165) is 12.8 Å². The smallest absolute Gasteiger partial charge is 0.156 e. The molecule has 0 radical (unpaired) electrons. The maximum atomic E-state index is 12.2. The van der Waals surface area contributed by atoms with Gasteiger partial charge in [-0.15, -0.1) is 0 Å². The summed E-state index contributed by atoms with van der Waals surface area (Å²) in [6.07, 6.45) is 2.83. The fourth-order valence-corrected chi connectivity index (χ4v) is 4.43. The number of sulfone groups is 1. The van der Waals surface area contributed by atoms with Crippen molar-refractivity contribution in [3.8, 4) is 0 Å². The van der Waals surface area contributed by atoms with Crippen molar-refractivity contribution in [2.75, 3.05) is 5.75 Å². The summed E-state index contributed by atoms with van der Waals surface area (Å²) in [6.45, 7) is 7.35. The zero-order chi connectivity index (χ0) is 13.3. The van der Waals surface area contributed by atoms with E-state index in [9.17, 15) is 13.2 Å². The first-order chi connectivity index (χ1) is 7.72. The summed E-state index contributed by atoms with van der Waals surface area (Å²) in [4.78, 5) is 12.0. The number of carbonyl (C=O) groups excluding carboxylic acids is 1. The minimum absolute atomic E-state index is 0.133. The lowest BCUT2D eigenvalue weighted by atomic mass is 9.76. The maximum Gasteiger partial charge on any atom is 0.156 e. The summed E-state index contributed by atoms with van der Waals surface area (Å²) in [5.74, 6) is 0.409. The third kappa shape index (κ3) is 2.90. The van der Waals surface area contributed by atoms with E-state index in [1.54, 1.807) is 13.8 Å². The topological polar surface area (TPSA) is 51.2 Å². The Morgan fingerprint density at radius 3 is 2.35 bits per heavy atom. The van der Waals surface area contributed by atoms with Gasteiger partial charge < -0.3 is 0 Å². The van der Waals surface area contributed by atoms with Crippen molar-refractivity contribution in [2.24, 2.45) is 11.8 Å². The molecule has 1 saturated carbocycles. The summed E-state index contributed by atoms with van der Waals surface area (Å²) in [5, 5.41) is 0. The normalized spacial score (nSPS) is 27.2. The molecule has 2 unspecified atom stereocenters. The fourth-order valence-electron chi connectivity index (χ4n) is 2.68. The van der Waals surface area contributed by atoms with E-state index in [4.69, 9.17) is 0 Å². The highest BCUT2D eigenvalue weighted by atomic mass is 32.2. The molecule has 0 heterocycles. The van der Waals surface area contributed by atoms with E-state index in [2.05, 4.69) is 6.92 Å². The van der Waals surface area contributed by atoms with Gasteiger partial charge in [-0.3, -0.25) is 4.79 Å². The predicted molar refractivity (Wildman–Crippen MR) is 69.7 cm³/mol. The van der Waals surface area contributed by atoms with E-state index in [0.29, 0.717) is 18.8 Å². The Hall–Kier alpha value is -0.380. The summed E-state index contributed by atoms with van der Waals surface area (Å²) in [6, 6.07) is 0. The van der Waals surface area contributed by atoms with Crippen LogP contribution in [0.2, 0.25) is 0 Å². The van der Waals surface area contributed by atoms with E-state index in [1.165, 1.54) is 0 Å². The molecule has 0 amide bonds. The second kappa shape index (κ2) is 5.09. The molecule has 1 aliphatic rings. The Labute approximate surface area is 105 Å². The quantitative estimate of drug-likeness (QED) is 0.780. The van der Waals surface area contributed by atoms with Crippen LogP contribution in [-0.4, -0.2) is 24.7 Å². The Balaban J connectivity index is 2.94. The summed E-state index contributed by atoms with van der Waals surface area (Å²) in [5.41, 5.74) is 0. The van der Waals surface area contributed by atoms with Gasteiger partial charge in [-0.1, -0.05) is 13.8 Å². The van der Waals surface area contributed by atoms with Crippen LogP contribution in [-0.2, 0) is 14.6 Å². The first kappa shape index (κ1) is 14.7. The van der Waals surface area contributed by atoms with Gasteiger partial charge in [0.05, 0.1) is 10.5 Å². The van der Waals surface area contributed by atoms with Crippen molar-refractivity contribution >= 4 is 15.6 Å². The molecule has 17 heavy (non-hydrogen) atoms. The molecule has 100 valence electrons. The lowest BCUT2D eigenvalue weighted by molar-refractivity contribution is -0.126. The monoisotopic (exact) mass is 260 g/mol. The van der Waals surface area contributed by atoms with E-state index in [-0.39, 0.29) is 17.5 Å². The summed E-state index contributed by atoms with van der Waals surface area (Å²) >= 11 is 0. The molecule has 0 aromatic carbocycles. The number of carbonyl (C=O) groups is 1. The molecular formula is C13H24O3S. The molecule has 0 N–H and O–H groups in total. The molecule has 0 saturated heterocycles. The van der Waals surface area contributed by atoms with Gasteiger partial charge in [-0.05, 0) is 39.0 Å². The average molecular weight is 260 g/mol. The highest BCUT2D eigenvalue weighted by Crippen LogP contribution is 2.37. The molecule has 0 aromatic heterocycles. The van der Waals surface area contributed by atoms with Gasteiger partial charge in [0.15, 0.2) is 9.84 Å². The summed E-state index contributed by atoms with van der Waals surface area (Å²) < 4.78 is 23.6. The third-order valence-electron chi connectivity index (χ3n) is 4.00. The van der Waals surface area contributed by atoms with Crippen LogP contribution in [0.1, 0.15) is 53.4 Å². The van der Waals surface area contributed by atoms with E-state index in [1.807, 2.05) is 6.92 Å². The first-order valence-corrected chi connectivity index (χ1v) is 8.12. The molecule has 0 spiro atoms. The van der Waals surface area contributed by atoms with Crippen molar-refractivity contribution in [3.63, 3.8) is 0 Å². The lowest BCUT2D eigenvalue weighted by Gasteiger charge is -2.36. The van der Waals surface area contributed by atoms with Crippen LogP contribution in [0.4, 0.5) is 0 Å². The molecule has 2 atom stereocenters. The van der Waals surface area contributed by atoms with Crippen molar-refractivity contribution in [2.45, 2.75) is 58.1 Å². The maximum absolute atomic E-state index is 12.2. The lowest BCUT2D eigenvalue weighted by Crippen LogP contribution is -2.47. The highest BCUT2D eigenvalue weighted by molar-refractivity contribution is 7.92. The van der Waals surface area contributed by atoms with Gasteiger partial charge in [0.2, 0.25) is 0 Å². The van der Waals surface area contributed by atoms with Crippen molar-refractivity contribution in [1.82, 2.24) is 0 Å². The van der Waals surface area contributed by atoms with Crippen LogP contribution in [0.15, 0.2) is 0 Å². The molecule has 1 rings (SSSR count). The SMILES string of the molecule is CCCS(=O)(=O)C(C)(C)C1CCC(C)CC1=O. The number of hydrogen-bond acceptors (Lipinski definition) is 3. The number of rotatable bonds is 4. The molecule has 1 fully saturated rings. The zero-order valence-corrected chi connectivity index (χ0v) is 12.1. The molecule has 1 aliphatic carbocycles. The molecule has 3 nitrogen and oxygen atoms in total. The third-order valence-corrected chi connectivity index (χ3v) is 6.83. The molecular weight excluding hydrogens is 236 g/mol. The Morgan fingerprint density at radius 1 is 1.29 bits per heavy atom. The standard InChI is InChI=1S/C13H24O3S/c1-5-8-17(15,16)13(3,4)11-7-6-10(2)9-12(11)14/h10-11H,5-9H2,1-4H3. The summed E-state index contributed by atoms with van der Waals surface area (Å²) in [7, 11) is -3.18. The number of ketones is 1. The number of hydrogen-bond donors (Lipinski definition) is 0. The minimum atomic E-state index is -3.18. The zero-order valence-electron chi connectivity index (χ0n) is 11.3. The molecule has 0 bridgehead atoms. The second-order valence-electron chi connectivity index (χ2n) is 5.83. The van der Waals surface area contributed by atoms with Gasteiger partial charge >= 0.3 is 0 Å². The number of Topliss-reactive ketones (excluding diaryl/α,β-unsaturated/α-hetero) is 1. The van der Waals surface area contributed by atoms with Gasteiger partial charge in [0.25, 0.3) is 0 Å². The van der Waals surface area contributed by atoms with Crippen LogP contribution in [0.25, 0.3) is 0 Å². The van der Waals surface area contributed by atoms with Gasteiger partial charge in [0, 0.05) is 12.3 Å². The van der Waals surface area contributed by atoms with Crippen LogP contribution in [0.3, 0.4) is 0 Å². The Morgan fingerprint density at radius 2 is 1.88 bits per heavy atom. The van der Waals surface area contributed by atoms with Crippen LogP contribution in [0.5, 0.6) is 0 Å². The van der Waals surface area contributed by atoms with Gasteiger partial charge in [-0.2, -0.15) is 0 Å². The Kier molecular flexibility index (Phi) is 4.39. The van der Waals surface area contributed by atoms with Crippen LogP contribution < -0.4 is 0 Å². The molecule has 0 aliphatic heterocycles. The predicted octanol–water partition coefficient (Wildman–Crippen LogP) is 2.60. The van der Waals surface area contributed by atoms with Crippen molar-refractivity contribution < 1.29 is 13.2 Å². The first-order valence-electron chi connectivity index (χ1n) is 6.47. The molecule has 0 aromatic rings. The highest BCUT2D eigenvalue weighted by Gasteiger charge is 2.45. The molecule has 4 heteroatoms. The van der Waals surface area contributed by atoms with Gasteiger partial charge in [-0.25, -0.2) is 8.42 Å². The van der Waals surface area contributed by atoms with Gasteiger partial charge in [0.1, 0.15) is 5.78 Å². The van der Waals surface area contributed by atoms with Crippen LogP contribution >= 0.6 is 0 Å². The van der Waals surface area contributed by atoms with Crippen molar-refractivity contribution in [3.05, 3.63) is 0 Å². The largest absolute Gasteiger partial charge is 0.299 e. The second-order valence-corrected chi connectivity index (χ2v) is 8.52. The fraction of sp³-hybridized carbons (Fsp3) is 0.923. The van der Waals surface area contributed by atoms with E-state index < -0.39 is 14.6 Å². The van der Waals surface area contributed by atoms with Crippen molar-refractivity contribution in [1.29, 1.82) is 0 Å². The van der Waals surface area contributed by atoms with Crippen LogP contribution in [0, 0.1) is 11.8 Å².